The first kappa shape index (κ1) is 20.6. The first-order chi connectivity index (χ1) is 15.1. The number of Topliss-reactive ketones (excluding diaryl/α,β-unsaturated/α-hetero) is 1. The van der Waals surface area contributed by atoms with E-state index in [2.05, 4.69) is 16.8 Å². The van der Waals surface area contributed by atoms with E-state index < -0.39 is 11.0 Å². The van der Waals surface area contributed by atoms with Crippen molar-refractivity contribution in [2.24, 2.45) is 0 Å². The molecule has 1 aliphatic heterocycles. The molecule has 0 saturated heterocycles. The van der Waals surface area contributed by atoms with Crippen molar-refractivity contribution in [2.75, 3.05) is 18.5 Å². The Kier molecular flexibility index (Phi) is 5.96. The molecule has 1 atom stereocenters. The monoisotopic (exact) mass is 428 g/mol. The Morgan fingerprint density at radius 2 is 1.84 bits per heavy atom. The number of carbonyl (C=O) groups is 1. The van der Waals surface area contributed by atoms with Crippen molar-refractivity contribution in [3.63, 3.8) is 0 Å². The van der Waals surface area contributed by atoms with Crippen molar-refractivity contribution >= 4 is 28.5 Å². The van der Waals surface area contributed by atoms with Crippen LogP contribution < -0.4 is 9.04 Å². The third kappa shape index (κ3) is 4.42. The number of ketones is 1. The molecule has 31 heavy (non-hydrogen) atoms. The highest BCUT2D eigenvalue weighted by Crippen LogP contribution is 2.33. The topological polar surface area (TPSA) is 59.5 Å². The molecule has 0 aliphatic carbocycles. The Balaban J connectivity index is 1.61. The van der Waals surface area contributed by atoms with E-state index in [4.69, 9.17) is 4.74 Å². The van der Waals surface area contributed by atoms with Gasteiger partial charge in [0.05, 0.1) is 12.8 Å². The Hall–Kier alpha value is -3.69. The second kappa shape index (κ2) is 8.99. The molecule has 4 rings (SSSR count). The van der Waals surface area contributed by atoms with Crippen LogP contribution >= 0.6 is 0 Å². The molecule has 0 fully saturated rings. The fraction of sp³-hybridized carbons (Fsp3) is 0.120. The standard InChI is InChI=1S/C25H20N2O3S/c1-27-23-11-8-19(5-3-4-18-6-9-21(30-2)10-7-18)16-22(23)25(28)24(31(27)29)17-20-12-14-26-15-13-20/h6-17H,4H2,1-2H3/b24-17-. The lowest BCUT2D eigenvalue weighted by Gasteiger charge is -2.27. The molecule has 154 valence electrons. The van der Waals surface area contributed by atoms with E-state index in [0.717, 1.165) is 22.4 Å². The fourth-order valence-electron chi connectivity index (χ4n) is 3.24. The molecule has 3 aromatic rings. The van der Waals surface area contributed by atoms with Gasteiger partial charge in [0.25, 0.3) is 0 Å². The highest BCUT2D eigenvalue weighted by Gasteiger charge is 2.31. The number of hydrogen-bond donors (Lipinski definition) is 0. The van der Waals surface area contributed by atoms with Crippen LogP contribution in [0.1, 0.15) is 27.0 Å². The summed E-state index contributed by atoms with van der Waals surface area (Å²) in [4.78, 5) is 17.3. The van der Waals surface area contributed by atoms with Gasteiger partial charge in [-0.1, -0.05) is 24.0 Å². The summed E-state index contributed by atoms with van der Waals surface area (Å²) < 4.78 is 19.6. The van der Waals surface area contributed by atoms with E-state index >= 15 is 0 Å². The molecule has 6 heteroatoms. The van der Waals surface area contributed by atoms with E-state index in [1.165, 1.54) is 0 Å². The van der Waals surface area contributed by atoms with Crippen molar-refractivity contribution in [1.82, 2.24) is 4.98 Å². The number of carbonyl (C=O) groups excluding carboxylic acids is 1. The summed E-state index contributed by atoms with van der Waals surface area (Å²) in [6.07, 6.45) is 5.52. The highest BCUT2D eigenvalue weighted by molar-refractivity contribution is 7.91. The zero-order chi connectivity index (χ0) is 21.8. The molecule has 2 aromatic carbocycles. The Bertz CT molecular complexity index is 1240. The van der Waals surface area contributed by atoms with Gasteiger partial charge in [0.1, 0.15) is 10.7 Å². The number of ether oxygens (including phenoxy) is 1. The zero-order valence-corrected chi connectivity index (χ0v) is 18.0. The van der Waals surface area contributed by atoms with Crippen LogP contribution in [0.5, 0.6) is 5.75 Å². The summed E-state index contributed by atoms with van der Waals surface area (Å²) in [5.74, 6) is 6.84. The van der Waals surface area contributed by atoms with Crippen LogP contribution in [0.2, 0.25) is 0 Å². The Labute approximate surface area is 184 Å². The third-order valence-corrected chi connectivity index (χ3v) is 6.30. The second-order valence-corrected chi connectivity index (χ2v) is 8.41. The van der Waals surface area contributed by atoms with Gasteiger partial charge < -0.3 is 4.74 Å². The minimum Gasteiger partial charge on any atom is -0.497 e. The Morgan fingerprint density at radius 3 is 2.55 bits per heavy atom. The van der Waals surface area contributed by atoms with Crippen LogP contribution in [0, 0.1) is 11.8 Å². The highest BCUT2D eigenvalue weighted by atomic mass is 32.2. The molecule has 0 radical (unpaired) electrons. The molecule has 0 amide bonds. The average molecular weight is 429 g/mol. The summed E-state index contributed by atoms with van der Waals surface area (Å²) in [6, 6.07) is 16.7. The molecule has 0 spiro atoms. The van der Waals surface area contributed by atoms with Gasteiger partial charge in [-0.2, -0.15) is 0 Å². The molecule has 1 unspecified atom stereocenters. The number of hydrogen-bond acceptors (Lipinski definition) is 4. The smallest absolute Gasteiger partial charge is 0.205 e. The lowest BCUT2D eigenvalue weighted by molar-refractivity contribution is 0.104. The molecule has 1 aromatic heterocycles. The second-order valence-electron chi connectivity index (χ2n) is 6.92. The van der Waals surface area contributed by atoms with Crippen molar-refractivity contribution in [1.29, 1.82) is 0 Å². The molecular formula is C25H20N2O3S. The van der Waals surface area contributed by atoms with E-state index in [-0.39, 0.29) is 10.7 Å². The summed E-state index contributed by atoms with van der Waals surface area (Å²) in [6.45, 7) is 0. The number of allylic oxidation sites excluding steroid dienone is 1. The first-order valence-electron chi connectivity index (χ1n) is 9.64. The fourth-order valence-corrected chi connectivity index (χ4v) is 4.38. The molecule has 1 aliphatic rings. The lowest BCUT2D eigenvalue weighted by Crippen LogP contribution is -2.31. The van der Waals surface area contributed by atoms with Crippen LogP contribution in [0.4, 0.5) is 5.69 Å². The van der Waals surface area contributed by atoms with Crippen LogP contribution in [-0.4, -0.2) is 29.1 Å². The molecule has 5 nitrogen and oxygen atoms in total. The Morgan fingerprint density at radius 1 is 1.10 bits per heavy atom. The van der Waals surface area contributed by atoms with Gasteiger partial charge in [0.15, 0.2) is 11.0 Å². The largest absolute Gasteiger partial charge is 0.497 e. The number of aromatic nitrogens is 1. The number of fused-ring (bicyclic) bond motifs is 1. The summed E-state index contributed by atoms with van der Waals surface area (Å²) in [5.41, 5.74) is 3.73. The third-order valence-electron chi connectivity index (χ3n) is 4.93. The number of anilines is 1. The molecule has 0 bridgehead atoms. The number of rotatable bonds is 3. The number of benzene rings is 2. The number of nitrogens with zero attached hydrogens (tertiary/aromatic N) is 2. The van der Waals surface area contributed by atoms with Crippen molar-refractivity contribution in [2.45, 2.75) is 6.42 Å². The van der Waals surface area contributed by atoms with E-state index in [9.17, 15) is 9.00 Å². The molecular weight excluding hydrogens is 408 g/mol. The normalized spacial score (nSPS) is 16.5. The predicted octanol–water partition coefficient (Wildman–Crippen LogP) is 4.02. The van der Waals surface area contributed by atoms with Crippen LogP contribution in [0.3, 0.4) is 0 Å². The molecule has 2 heterocycles. The van der Waals surface area contributed by atoms with Crippen LogP contribution in [0.15, 0.2) is 71.9 Å². The quantitative estimate of drug-likeness (QED) is 0.467. The number of pyridine rings is 1. The van der Waals surface area contributed by atoms with Crippen LogP contribution in [-0.2, 0) is 17.4 Å². The SMILES string of the molecule is COc1ccc(CC#Cc2ccc3c(c2)C(=O)/C(=C/c2ccncc2)S(=O)N3C)cc1. The maximum Gasteiger partial charge on any atom is 0.205 e. The number of methoxy groups -OCH3 is 1. The van der Waals surface area contributed by atoms with Gasteiger partial charge in [-0.25, -0.2) is 4.21 Å². The van der Waals surface area contributed by atoms with Gasteiger partial charge >= 0.3 is 0 Å². The molecule has 0 N–H and O–H groups in total. The van der Waals surface area contributed by atoms with Crippen LogP contribution in [0.25, 0.3) is 6.08 Å². The van der Waals surface area contributed by atoms with Gasteiger partial charge in [0.2, 0.25) is 5.78 Å². The van der Waals surface area contributed by atoms with Gasteiger partial charge in [-0.05, 0) is 59.7 Å². The predicted molar refractivity (Wildman–Crippen MR) is 123 cm³/mol. The minimum atomic E-state index is -1.58. The van der Waals surface area contributed by atoms with Gasteiger partial charge in [-0.3, -0.25) is 14.1 Å². The first-order valence-corrected chi connectivity index (χ1v) is 10.8. The van der Waals surface area contributed by atoms with Gasteiger partial charge in [0, 0.05) is 37.0 Å². The van der Waals surface area contributed by atoms with E-state index in [1.54, 1.807) is 61.2 Å². The summed E-state index contributed by atoms with van der Waals surface area (Å²) in [5, 5.41) is 0. The van der Waals surface area contributed by atoms with Crippen molar-refractivity contribution < 1.29 is 13.7 Å². The van der Waals surface area contributed by atoms with Gasteiger partial charge in [-0.15, -0.1) is 0 Å². The summed E-state index contributed by atoms with van der Waals surface area (Å²) in [7, 11) is 1.78. The minimum absolute atomic E-state index is 0.240. The average Bonchev–Trinajstić information content (AvgIpc) is 2.81. The van der Waals surface area contributed by atoms with Crippen molar-refractivity contribution in [3.8, 4) is 17.6 Å². The maximum atomic E-state index is 13.1. The molecule has 0 saturated carbocycles. The van der Waals surface area contributed by atoms with E-state index in [0.29, 0.717) is 17.7 Å². The maximum absolute atomic E-state index is 13.1. The summed E-state index contributed by atoms with van der Waals surface area (Å²) >= 11 is 0. The van der Waals surface area contributed by atoms with Crippen molar-refractivity contribution in [3.05, 3.63) is 94.1 Å². The lowest BCUT2D eigenvalue weighted by atomic mass is 10.0. The zero-order valence-electron chi connectivity index (χ0n) is 17.2. The van der Waals surface area contributed by atoms with E-state index in [1.807, 2.05) is 30.3 Å².